The van der Waals surface area contributed by atoms with Crippen molar-refractivity contribution in [3.63, 3.8) is 0 Å². The number of hydrogen-bond donors (Lipinski definition) is 1. The number of methoxy groups -OCH3 is 1. The van der Waals surface area contributed by atoms with E-state index in [2.05, 4.69) is 6.92 Å². The lowest BCUT2D eigenvalue weighted by Gasteiger charge is -2.14. The standard InChI is InChI=1S/C13H20O3/c1-3-5-11(9-14)10-16-13-7-4-6-12(8-13)15-2/h4,6-8,11,14H,3,5,9-10H2,1-2H3. The molecule has 3 nitrogen and oxygen atoms in total. The first kappa shape index (κ1) is 12.8. The van der Waals surface area contributed by atoms with Crippen molar-refractivity contribution in [1.82, 2.24) is 0 Å². The molecule has 0 aliphatic heterocycles. The molecule has 0 spiro atoms. The summed E-state index contributed by atoms with van der Waals surface area (Å²) in [5.74, 6) is 1.79. The number of hydrogen-bond acceptors (Lipinski definition) is 3. The highest BCUT2D eigenvalue weighted by molar-refractivity contribution is 5.32. The highest BCUT2D eigenvalue weighted by atomic mass is 16.5. The summed E-state index contributed by atoms with van der Waals surface area (Å²) < 4.78 is 10.7. The van der Waals surface area contributed by atoms with E-state index < -0.39 is 0 Å². The lowest BCUT2D eigenvalue weighted by atomic mass is 10.1. The number of rotatable bonds is 7. The van der Waals surface area contributed by atoms with Gasteiger partial charge in [-0.25, -0.2) is 0 Å². The molecule has 3 heteroatoms. The minimum absolute atomic E-state index is 0.178. The maximum absolute atomic E-state index is 9.13. The van der Waals surface area contributed by atoms with Crippen molar-refractivity contribution in [3.8, 4) is 11.5 Å². The highest BCUT2D eigenvalue weighted by Gasteiger charge is 2.07. The fourth-order valence-electron chi connectivity index (χ4n) is 1.54. The van der Waals surface area contributed by atoms with Crippen molar-refractivity contribution >= 4 is 0 Å². The van der Waals surface area contributed by atoms with Crippen LogP contribution in [0, 0.1) is 5.92 Å². The van der Waals surface area contributed by atoms with Gasteiger partial charge < -0.3 is 14.6 Å². The summed E-state index contributed by atoms with van der Waals surface area (Å²) in [5, 5.41) is 9.13. The lowest BCUT2D eigenvalue weighted by Crippen LogP contribution is -2.15. The summed E-state index contributed by atoms with van der Waals surface area (Å²) in [5.41, 5.74) is 0. The van der Waals surface area contributed by atoms with E-state index in [1.54, 1.807) is 7.11 Å². The van der Waals surface area contributed by atoms with E-state index in [1.165, 1.54) is 0 Å². The molecule has 90 valence electrons. The van der Waals surface area contributed by atoms with Gasteiger partial charge in [0.1, 0.15) is 11.5 Å². The molecule has 1 rings (SSSR count). The third kappa shape index (κ3) is 4.11. The van der Waals surface area contributed by atoms with Gasteiger partial charge in [-0.05, 0) is 18.6 Å². The van der Waals surface area contributed by atoms with Gasteiger partial charge >= 0.3 is 0 Å². The Morgan fingerprint density at radius 3 is 2.69 bits per heavy atom. The average Bonchev–Trinajstić information content (AvgIpc) is 2.34. The second-order valence-electron chi connectivity index (χ2n) is 3.83. The van der Waals surface area contributed by atoms with Gasteiger partial charge in [-0.3, -0.25) is 0 Å². The smallest absolute Gasteiger partial charge is 0.122 e. The van der Waals surface area contributed by atoms with Crippen molar-refractivity contribution in [1.29, 1.82) is 0 Å². The summed E-state index contributed by atoms with van der Waals surface area (Å²) in [6.45, 7) is 2.84. The molecule has 1 unspecified atom stereocenters. The molecular formula is C13H20O3. The SMILES string of the molecule is CCCC(CO)COc1cccc(OC)c1. The maximum atomic E-state index is 9.13. The van der Waals surface area contributed by atoms with Gasteiger partial charge in [0.15, 0.2) is 0 Å². The summed E-state index contributed by atoms with van der Waals surface area (Å²) >= 11 is 0. The van der Waals surface area contributed by atoms with E-state index in [1.807, 2.05) is 24.3 Å². The Morgan fingerprint density at radius 2 is 2.06 bits per heavy atom. The van der Waals surface area contributed by atoms with E-state index >= 15 is 0 Å². The molecule has 0 radical (unpaired) electrons. The molecule has 1 aromatic rings. The second kappa shape index (κ2) is 7.12. The topological polar surface area (TPSA) is 38.7 Å². The van der Waals surface area contributed by atoms with Crippen LogP contribution < -0.4 is 9.47 Å². The van der Waals surface area contributed by atoms with Crippen molar-refractivity contribution in [2.75, 3.05) is 20.3 Å². The maximum Gasteiger partial charge on any atom is 0.122 e. The number of aliphatic hydroxyl groups excluding tert-OH is 1. The van der Waals surface area contributed by atoms with E-state index in [-0.39, 0.29) is 12.5 Å². The summed E-state index contributed by atoms with van der Waals surface area (Å²) in [6.07, 6.45) is 2.05. The van der Waals surface area contributed by atoms with E-state index in [4.69, 9.17) is 14.6 Å². The predicted octanol–water partition coefficient (Wildman–Crippen LogP) is 2.48. The zero-order valence-corrected chi connectivity index (χ0v) is 9.98. The molecule has 0 bridgehead atoms. The minimum atomic E-state index is 0.178. The Balaban J connectivity index is 2.46. The van der Waals surface area contributed by atoms with Crippen LogP contribution in [0.3, 0.4) is 0 Å². The molecular weight excluding hydrogens is 204 g/mol. The van der Waals surface area contributed by atoms with Crippen molar-refractivity contribution in [2.45, 2.75) is 19.8 Å². The van der Waals surface area contributed by atoms with Crippen molar-refractivity contribution < 1.29 is 14.6 Å². The van der Waals surface area contributed by atoms with Crippen LogP contribution in [0.4, 0.5) is 0 Å². The van der Waals surface area contributed by atoms with Crippen LogP contribution in [0.25, 0.3) is 0 Å². The molecule has 1 N–H and O–H groups in total. The van der Waals surface area contributed by atoms with Crippen LogP contribution >= 0.6 is 0 Å². The molecule has 0 heterocycles. The first-order chi connectivity index (χ1) is 7.80. The molecule has 0 amide bonds. The fraction of sp³-hybridized carbons (Fsp3) is 0.538. The molecule has 0 saturated carbocycles. The Bertz CT molecular complexity index is 299. The zero-order chi connectivity index (χ0) is 11.8. The lowest BCUT2D eigenvalue weighted by molar-refractivity contribution is 0.155. The normalized spacial score (nSPS) is 12.2. The Hall–Kier alpha value is -1.22. The molecule has 0 aliphatic rings. The van der Waals surface area contributed by atoms with Crippen LogP contribution in [0.5, 0.6) is 11.5 Å². The van der Waals surface area contributed by atoms with Crippen LogP contribution in [-0.4, -0.2) is 25.4 Å². The van der Waals surface area contributed by atoms with Gasteiger partial charge in [0.25, 0.3) is 0 Å². The first-order valence-corrected chi connectivity index (χ1v) is 5.67. The first-order valence-electron chi connectivity index (χ1n) is 5.67. The highest BCUT2D eigenvalue weighted by Crippen LogP contribution is 2.19. The molecule has 16 heavy (non-hydrogen) atoms. The van der Waals surface area contributed by atoms with E-state index in [0.717, 1.165) is 24.3 Å². The third-order valence-corrected chi connectivity index (χ3v) is 2.48. The Kier molecular flexibility index (Phi) is 5.72. The zero-order valence-electron chi connectivity index (χ0n) is 9.98. The van der Waals surface area contributed by atoms with Crippen LogP contribution in [0.15, 0.2) is 24.3 Å². The number of aliphatic hydroxyl groups is 1. The summed E-state index contributed by atoms with van der Waals surface area (Å²) in [4.78, 5) is 0. The van der Waals surface area contributed by atoms with Crippen LogP contribution in [0.1, 0.15) is 19.8 Å². The molecule has 1 aromatic carbocycles. The van der Waals surface area contributed by atoms with Crippen molar-refractivity contribution in [3.05, 3.63) is 24.3 Å². The molecule has 1 atom stereocenters. The monoisotopic (exact) mass is 224 g/mol. The van der Waals surface area contributed by atoms with Crippen LogP contribution in [0.2, 0.25) is 0 Å². The third-order valence-electron chi connectivity index (χ3n) is 2.48. The Labute approximate surface area is 97.0 Å². The van der Waals surface area contributed by atoms with Crippen molar-refractivity contribution in [2.24, 2.45) is 5.92 Å². The quantitative estimate of drug-likeness (QED) is 0.773. The largest absolute Gasteiger partial charge is 0.497 e. The molecule has 0 aliphatic carbocycles. The minimum Gasteiger partial charge on any atom is -0.497 e. The van der Waals surface area contributed by atoms with Gasteiger partial charge in [0.2, 0.25) is 0 Å². The summed E-state index contributed by atoms with van der Waals surface area (Å²) in [7, 11) is 1.63. The van der Waals surface area contributed by atoms with Gasteiger partial charge in [-0.2, -0.15) is 0 Å². The molecule has 0 fully saturated rings. The number of benzene rings is 1. The van der Waals surface area contributed by atoms with E-state index in [9.17, 15) is 0 Å². The van der Waals surface area contributed by atoms with Gasteiger partial charge in [-0.15, -0.1) is 0 Å². The molecule has 0 saturated heterocycles. The average molecular weight is 224 g/mol. The second-order valence-corrected chi connectivity index (χ2v) is 3.83. The van der Waals surface area contributed by atoms with E-state index in [0.29, 0.717) is 6.61 Å². The summed E-state index contributed by atoms with van der Waals surface area (Å²) in [6, 6.07) is 7.51. The van der Waals surface area contributed by atoms with Gasteiger partial charge in [0.05, 0.1) is 13.7 Å². The van der Waals surface area contributed by atoms with Gasteiger partial charge in [-0.1, -0.05) is 19.4 Å². The predicted molar refractivity (Wildman–Crippen MR) is 64.0 cm³/mol. The van der Waals surface area contributed by atoms with Crippen LogP contribution in [-0.2, 0) is 0 Å². The fourth-order valence-corrected chi connectivity index (χ4v) is 1.54. The van der Waals surface area contributed by atoms with Gasteiger partial charge in [0, 0.05) is 18.6 Å². The molecule has 0 aromatic heterocycles. The number of ether oxygens (including phenoxy) is 2. The Morgan fingerprint density at radius 1 is 1.31 bits per heavy atom.